The quantitative estimate of drug-likeness (QED) is 0.781. The molecule has 0 fully saturated rings. The Labute approximate surface area is 93.0 Å². The molecule has 0 amide bonds. The van der Waals surface area contributed by atoms with Gasteiger partial charge in [0.2, 0.25) is 0 Å². The number of aliphatic hydroxyl groups excluding tert-OH is 1. The Morgan fingerprint density at radius 1 is 1.12 bits per heavy atom. The molecule has 2 rings (SSSR count). The molecule has 2 aromatic heterocycles. The van der Waals surface area contributed by atoms with E-state index in [1.165, 1.54) is 0 Å². The van der Waals surface area contributed by atoms with Crippen LogP contribution in [0, 0.1) is 0 Å². The maximum Gasteiger partial charge on any atom is 0.158 e. The van der Waals surface area contributed by atoms with E-state index in [9.17, 15) is 5.11 Å². The summed E-state index contributed by atoms with van der Waals surface area (Å²) in [6.07, 6.45) is 2.45. The molecule has 5 nitrogen and oxygen atoms in total. The minimum Gasteiger partial charge on any atom is -0.384 e. The predicted molar refractivity (Wildman–Crippen MR) is 59.3 cm³/mol. The maximum atomic E-state index is 9.53. The van der Waals surface area contributed by atoms with Gasteiger partial charge in [0.25, 0.3) is 0 Å². The summed E-state index contributed by atoms with van der Waals surface area (Å²) in [4.78, 5) is 12.3. The van der Waals surface area contributed by atoms with Gasteiger partial charge < -0.3 is 10.8 Å². The molecule has 0 radical (unpaired) electrons. The zero-order valence-corrected chi connectivity index (χ0v) is 8.61. The Kier molecular flexibility index (Phi) is 3.19. The highest BCUT2D eigenvalue weighted by Gasteiger charge is 2.09. The summed E-state index contributed by atoms with van der Waals surface area (Å²) in [6, 6.07) is 7.31. The molecule has 16 heavy (non-hydrogen) atoms. The molecule has 0 saturated carbocycles. The monoisotopic (exact) mass is 216 g/mol. The van der Waals surface area contributed by atoms with Crippen molar-refractivity contribution in [3.8, 4) is 11.4 Å². The van der Waals surface area contributed by atoms with Crippen LogP contribution in [0.1, 0.15) is 11.9 Å². The third-order valence-electron chi connectivity index (χ3n) is 2.12. The van der Waals surface area contributed by atoms with E-state index in [1.807, 2.05) is 18.2 Å². The first-order valence-corrected chi connectivity index (χ1v) is 4.93. The molecule has 2 aromatic rings. The molecule has 1 atom stereocenters. The summed E-state index contributed by atoms with van der Waals surface area (Å²) in [5.41, 5.74) is 6.77. The van der Waals surface area contributed by atoms with Gasteiger partial charge in [-0.3, -0.25) is 4.98 Å². The molecule has 3 N–H and O–H groups in total. The van der Waals surface area contributed by atoms with E-state index in [1.54, 1.807) is 18.5 Å². The second-order valence-corrected chi connectivity index (χ2v) is 3.27. The van der Waals surface area contributed by atoms with Crippen molar-refractivity contribution in [1.82, 2.24) is 15.0 Å². The van der Waals surface area contributed by atoms with Crippen LogP contribution >= 0.6 is 0 Å². The zero-order chi connectivity index (χ0) is 11.4. The number of pyridine rings is 1. The minimum absolute atomic E-state index is 0.103. The Bertz CT molecular complexity index is 461. The second kappa shape index (κ2) is 4.78. The standard InChI is InChI=1S/C11H12N4O/c12-7-10(16)11-14-6-4-9(15-11)8-3-1-2-5-13-8/h1-6,10,16H,7,12H2. The number of hydrogen-bond acceptors (Lipinski definition) is 5. The lowest BCUT2D eigenvalue weighted by molar-refractivity contribution is 0.176. The topological polar surface area (TPSA) is 84.9 Å². The maximum absolute atomic E-state index is 9.53. The summed E-state index contributed by atoms with van der Waals surface area (Å²) in [6.45, 7) is 0.103. The molecule has 2 heterocycles. The molecule has 5 heteroatoms. The van der Waals surface area contributed by atoms with E-state index in [0.29, 0.717) is 11.5 Å². The third-order valence-corrected chi connectivity index (χ3v) is 2.12. The number of hydrogen-bond donors (Lipinski definition) is 2. The Morgan fingerprint density at radius 3 is 2.69 bits per heavy atom. The molecular weight excluding hydrogens is 204 g/mol. The van der Waals surface area contributed by atoms with Crippen molar-refractivity contribution in [2.45, 2.75) is 6.10 Å². The average molecular weight is 216 g/mol. The summed E-state index contributed by atoms with van der Waals surface area (Å²) in [5, 5.41) is 9.53. The van der Waals surface area contributed by atoms with Crippen LogP contribution in [0.5, 0.6) is 0 Å². The second-order valence-electron chi connectivity index (χ2n) is 3.27. The smallest absolute Gasteiger partial charge is 0.158 e. The van der Waals surface area contributed by atoms with Gasteiger partial charge in [-0.1, -0.05) is 6.07 Å². The van der Waals surface area contributed by atoms with Crippen LogP contribution in [0.2, 0.25) is 0 Å². The zero-order valence-electron chi connectivity index (χ0n) is 8.61. The molecule has 0 aliphatic rings. The van der Waals surface area contributed by atoms with E-state index >= 15 is 0 Å². The summed E-state index contributed by atoms with van der Waals surface area (Å²) < 4.78 is 0. The van der Waals surface area contributed by atoms with E-state index in [0.717, 1.165) is 5.69 Å². The molecule has 0 spiro atoms. The predicted octanol–water partition coefficient (Wildman–Crippen LogP) is 0.531. The highest BCUT2D eigenvalue weighted by Crippen LogP contribution is 2.14. The number of aliphatic hydroxyl groups is 1. The minimum atomic E-state index is -0.830. The van der Waals surface area contributed by atoms with Crippen molar-refractivity contribution < 1.29 is 5.11 Å². The number of nitrogens with two attached hydrogens (primary N) is 1. The van der Waals surface area contributed by atoms with Gasteiger partial charge in [0.05, 0.1) is 11.4 Å². The molecule has 1 unspecified atom stereocenters. The van der Waals surface area contributed by atoms with Crippen molar-refractivity contribution >= 4 is 0 Å². The van der Waals surface area contributed by atoms with Crippen LogP contribution < -0.4 is 5.73 Å². The van der Waals surface area contributed by atoms with Crippen LogP contribution in [0.4, 0.5) is 0 Å². The summed E-state index contributed by atoms with van der Waals surface area (Å²) in [5.74, 6) is 0.325. The van der Waals surface area contributed by atoms with E-state index in [4.69, 9.17) is 5.73 Å². The molecule has 0 saturated heterocycles. The van der Waals surface area contributed by atoms with E-state index in [-0.39, 0.29) is 6.54 Å². The lowest BCUT2D eigenvalue weighted by Crippen LogP contribution is -2.14. The Hall–Kier alpha value is -1.85. The Morgan fingerprint density at radius 2 is 2.00 bits per heavy atom. The van der Waals surface area contributed by atoms with Crippen LogP contribution in [-0.2, 0) is 0 Å². The lowest BCUT2D eigenvalue weighted by atomic mass is 10.2. The fraction of sp³-hybridized carbons (Fsp3) is 0.182. The largest absolute Gasteiger partial charge is 0.384 e. The SMILES string of the molecule is NCC(O)c1nccc(-c2ccccn2)n1. The van der Waals surface area contributed by atoms with Gasteiger partial charge in [-0.2, -0.15) is 0 Å². The third kappa shape index (κ3) is 2.21. The average Bonchev–Trinajstić information content (AvgIpc) is 2.39. The normalized spacial score (nSPS) is 12.4. The van der Waals surface area contributed by atoms with Gasteiger partial charge in [-0.05, 0) is 18.2 Å². The molecule has 82 valence electrons. The molecule has 0 aliphatic heterocycles. The Balaban J connectivity index is 2.36. The molecular formula is C11H12N4O. The molecule has 0 aromatic carbocycles. The fourth-order valence-electron chi connectivity index (χ4n) is 1.30. The molecule has 0 bridgehead atoms. The highest BCUT2D eigenvalue weighted by molar-refractivity contribution is 5.52. The number of rotatable bonds is 3. The summed E-state index contributed by atoms with van der Waals surface area (Å²) in [7, 11) is 0. The first-order valence-electron chi connectivity index (χ1n) is 4.93. The highest BCUT2D eigenvalue weighted by atomic mass is 16.3. The van der Waals surface area contributed by atoms with Gasteiger partial charge in [-0.25, -0.2) is 9.97 Å². The van der Waals surface area contributed by atoms with E-state index in [2.05, 4.69) is 15.0 Å². The lowest BCUT2D eigenvalue weighted by Gasteiger charge is -2.07. The number of nitrogens with zero attached hydrogens (tertiary/aromatic N) is 3. The van der Waals surface area contributed by atoms with Gasteiger partial charge in [0, 0.05) is 18.9 Å². The number of aromatic nitrogens is 3. The van der Waals surface area contributed by atoms with Gasteiger partial charge in [0.15, 0.2) is 5.82 Å². The molecule has 0 aliphatic carbocycles. The van der Waals surface area contributed by atoms with Crippen LogP contribution in [0.25, 0.3) is 11.4 Å². The fourth-order valence-corrected chi connectivity index (χ4v) is 1.30. The van der Waals surface area contributed by atoms with Crippen molar-refractivity contribution in [2.75, 3.05) is 6.54 Å². The van der Waals surface area contributed by atoms with Crippen molar-refractivity contribution in [3.05, 3.63) is 42.5 Å². The van der Waals surface area contributed by atoms with Crippen LogP contribution in [-0.4, -0.2) is 26.6 Å². The van der Waals surface area contributed by atoms with Crippen molar-refractivity contribution in [3.63, 3.8) is 0 Å². The van der Waals surface area contributed by atoms with Crippen molar-refractivity contribution in [2.24, 2.45) is 5.73 Å². The first-order chi connectivity index (χ1) is 7.81. The van der Waals surface area contributed by atoms with Gasteiger partial charge in [0.1, 0.15) is 6.10 Å². The van der Waals surface area contributed by atoms with Gasteiger partial charge in [-0.15, -0.1) is 0 Å². The van der Waals surface area contributed by atoms with Crippen LogP contribution in [0.3, 0.4) is 0 Å². The summed E-state index contributed by atoms with van der Waals surface area (Å²) >= 11 is 0. The van der Waals surface area contributed by atoms with E-state index < -0.39 is 6.10 Å². The van der Waals surface area contributed by atoms with Crippen LogP contribution in [0.15, 0.2) is 36.7 Å². The van der Waals surface area contributed by atoms with Crippen molar-refractivity contribution in [1.29, 1.82) is 0 Å². The first kappa shape index (κ1) is 10.7. The van der Waals surface area contributed by atoms with Gasteiger partial charge >= 0.3 is 0 Å².